The molecule has 0 aliphatic carbocycles. The summed E-state index contributed by atoms with van der Waals surface area (Å²) in [5, 5.41) is 53.6. The van der Waals surface area contributed by atoms with E-state index in [1.165, 1.54) is 0 Å². The van der Waals surface area contributed by atoms with Crippen LogP contribution in [0.5, 0.6) is 0 Å². The van der Waals surface area contributed by atoms with Crippen LogP contribution in [-0.4, -0.2) is 264 Å². The maximum atomic E-state index is 12.7. The summed E-state index contributed by atoms with van der Waals surface area (Å²) in [7, 11) is 6.95. The first-order valence-electron chi connectivity index (χ1n) is 42.3. The summed E-state index contributed by atoms with van der Waals surface area (Å²) >= 11 is 5.49. The molecule has 0 saturated carbocycles. The van der Waals surface area contributed by atoms with Crippen molar-refractivity contribution >= 4 is 114 Å². The van der Waals surface area contributed by atoms with Gasteiger partial charge in [0.15, 0.2) is 22.8 Å². The van der Waals surface area contributed by atoms with Crippen molar-refractivity contribution in [3.63, 3.8) is 0 Å². The molecule has 10 heterocycles. The van der Waals surface area contributed by atoms with Gasteiger partial charge in [-0.25, -0.2) is 9.59 Å². The monoisotopic (exact) mass is 1820 g/mol. The highest BCUT2D eigenvalue weighted by Gasteiger charge is 2.32. The Bertz CT molecular complexity index is 4730. The number of carbonyl (C=O) groups excluding carboxylic acids is 4. The highest BCUT2D eigenvalue weighted by atomic mass is 127. The number of hydrazine groups is 1. The maximum Gasteiger partial charge on any atom is 0.414 e. The Hall–Kier alpha value is -9.08. The van der Waals surface area contributed by atoms with Gasteiger partial charge in [-0.05, 0) is 221 Å². The van der Waals surface area contributed by atoms with Gasteiger partial charge in [0, 0.05) is 150 Å². The highest BCUT2D eigenvalue weighted by molar-refractivity contribution is 14.0. The Morgan fingerprint density at radius 3 is 1.07 bits per heavy atom. The number of nitrogens with one attached hydrogen (secondary N) is 2. The second kappa shape index (κ2) is 50.0. The van der Waals surface area contributed by atoms with Crippen LogP contribution in [0.4, 0.5) is 0 Å². The minimum absolute atomic E-state index is 0. The number of nitrogens with two attached hydrogens (primary N) is 1. The Morgan fingerprint density at radius 2 is 0.738 bits per heavy atom. The number of ether oxygens (including phenoxy) is 4. The second-order valence-electron chi connectivity index (χ2n) is 31.9. The normalized spacial score (nSPS) is 15.4. The molecule has 0 bridgehead atoms. The van der Waals surface area contributed by atoms with Crippen molar-refractivity contribution in [1.29, 1.82) is 0 Å². The van der Waals surface area contributed by atoms with E-state index >= 15 is 0 Å². The van der Waals surface area contributed by atoms with Crippen molar-refractivity contribution in [2.75, 3.05) is 140 Å². The molecule has 0 unspecified atom stereocenters. The number of carboxylic acids is 2. The molecule has 35 heteroatoms. The lowest BCUT2D eigenvalue weighted by Gasteiger charge is -2.31. The summed E-state index contributed by atoms with van der Waals surface area (Å²) in [6, 6.07) is 32.5. The number of fused-ring (bicyclic) bond motifs is 4. The topological polar surface area (TPSA) is 392 Å². The predicted molar refractivity (Wildman–Crippen MR) is 479 cm³/mol. The molecule has 6 N–H and O–H groups in total. The maximum absolute atomic E-state index is 12.7. The molecule has 4 aliphatic rings. The number of aliphatic carboxylic acids is 2. The molecule has 6 aromatic heterocycles. The first kappa shape index (κ1) is 98.4. The van der Waals surface area contributed by atoms with Crippen LogP contribution in [0.3, 0.4) is 0 Å². The molecule has 4 aliphatic heterocycles. The summed E-state index contributed by atoms with van der Waals surface area (Å²) in [6.07, 6.45) is 12.0. The van der Waals surface area contributed by atoms with Gasteiger partial charge in [0.05, 0.1) is 28.6 Å². The minimum atomic E-state index is -1.82. The van der Waals surface area contributed by atoms with E-state index in [-0.39, 0.29) is 78.2 Å². The zero-order chi connectivity index (χ0) is 87.1. The van der Waals surface area contributed by atoms with Crippen molar-refractivity contribution in [1.82, 2.24) is 90.0 Å². The zero-order valence-electron chi connectivity index (χ0n) is 72.7. The van der Waals surface area contributed by atoms with E-state index in [1.807, 2.05) is 119 Å². The number of para-hydroxylation sites is 4. The lowest BCUT2D eigenvalue weighted by Crippen LogP contribution is -2.47. The molecule has 0 atom stereocenters. The van der Waals surface area contributed by atoms with Crippen molar-refractivity contribution in [3.8, 4) is 23.2 Å². The number of benzene rings is 4. The van der Waals surface area contributed by atoms with Crippen LogP contribution in [0.15, 0.2) is 106 Å². The third-order valence-electron chi connectivity index (χ3n) is 21.9. The first-order chi connectivity index (χ1) is 58.4. The van der Waals surface area contributed by atoms with E-state index in [9.17, 15) is 19.2 Å². The van der Waals surface area contributed by atoms with Crippen LogP contribution >= 0.6 is 35.6 Å². The molecule has 122 heavy (non-hydrogen) atoms. The van der Waals surface area contributed by atoms with Crippen LogP contribution in [0.2, 0.25) is 0 Å². The van der Waals surface area contributed by atoms with E-state index in [2.05, 4.69) is 113 Å². The molecule has 4 fully saturated rings. The fourth-order valence-electron chi connectivity index (χ4n) is 15.4. The molecule has 2 amide bonds. The van der Waals surface area contributed by atoms with Crippen LogP contribution in [0.25, 0.3) is 66.8 Å². The van der Waals surface area contributed by atoms with E-state index in [0.29, 0.717) is 35.0 Å². The number of carboxylic acid groups (broad SMARTS) is 2. The smallest absolute Gasteiger partial charge is 0.414 e. The second-order valence-corrected chi connectivity index (χ2v) is 32.2. The first-order valence-corrected chi connectivity index (χ1v) is 42.7. The van der Waals surface area contributed by atoms with Crippen molar-refractivity contribution in [2.45, 2.75) is 168 Å². The third-order valence-corrected chi connectivity index (χ3v) is 22.1. The molecular formula is C87H125ClIN19O14. The lowest BCUT2D eigenvalue weighted by atomic mass is 9.92. The Labute approximate surface area is 735 Å². The van der Waals surface area contributed by atoms with Crippen molar-refractivity contribution < 1.29 is 66.8 Å². The largest absolute Gasteiger partial charge is 0.473 e. The number of carbonyl (C=O) groups is 6. The molecule has 33 nitrogen and oxygen atoms in total. The number of likely N-dealkylation sites (tertiary alicyclic amines) is 4. The molecule has 4 saturated heterocycles. The standard InChI is InChI=1S/C21H31N5O3.2C21H29N5O2.C11H11ClN2O.C11H22N2O2.C2H2O4.HI/c1-15(2)26-18-8-5-4-7-17(18)19(24-26)21(28)23-22-20(27)16-9-12-25(13-10-16)11-6-14-29-3;2*1-15(2)26-18-8-5-4-7-17(18)19(24-26)21-23-22-20(28-21)16-9-12-25(13-10-16)11-6-14-27-3;1-7(2)14-9-6-4-3-5-8(9)10(13-14)11(12)15;1-15-8-2-5-13-6-3-10(4-7-13)11(14)9-12;3-1(4)2(5)6;/h4-5,7-8,15-16H,6,9-14H2,1-3H3,(H,22,27)(H,23,28);2*4-5,7-8,15-16H,6,9-14H2,1-3H3;3-7H,1-2H3;10H,2-9,12H2,1H3;(H,3,4)(H,5,6);1H. The van der Waals surface area contributed by atoms with Gasteiger partial charge in [-0.15, -0.1) is 44.4 Å². The van der Waals surface area contributed by atoms with Gasteiger partial charge in [0.2, 0.25) is 17.7 Å². The Balaban J connectivity index is 0.000000190. The van der Waals surface area contributed by atoms with Crippen LogP contribution in [0, 0.1) is 11.8 Å². The summed E-state index contributed by atoms with van der Waals surface area (Å²) < 4.78 is 40.3. The Morgan fingerprint density at radius 1 is 0.434 bits per heavy atom. The Kier molecular flexibility index (Phi) is 40.3. The zero-order valence-corrected chi connectivity index (χ0v) is 75.8. The molecular weight excluding hydrogens is 1700 g/mol. The van der Waals surface area contributed by atoms with Crippen molar-refractivity contribution in [2.24, 2.45) is 17.6 Å². The van der Waals surface area contributed by atoms with E-state index in [4.69, 9.17) is 75.1 Å². The van der Waals surface area contributed by atoms with E-state index in [1.54, 1.807) is 28.4 Å². The number of rotatable bonds is 29. The third kappa shape index (κ3) is 27.7. The van der Waals surface area contributed by atoms with Gasteiger partial charge < -0.3 is 63.3 Å². The fraction of sp³-hybridized carbons (Fsp3) is 0.563. The number of ketones is 1. The number of halogens is 2. The lowest BCUT2D eigenvalue weighted by molar-refractivity contribution is -0.159. The van der Waals surface area contributed by atoms with Crippen molar-refractivity contribution in [3.05, 3.63) is 120 Å². The number of nitrogens with zero attached hydrogens (tertiary/aromatic N) is 16. The SMILES string of the molecule is CC(C)n1nc(C(=O)Cl)c2ccccc21.COCCCN1CCC(C(=O)CN)CC1.COCCCN1CCC(C(=O)NNC(=O)c2nn(C(C)C)c3ccccc23)CC1.COCCCN1CCC(c2nnc(-c3nn(C(C)C)c4ccccc34)o2)CC1.COCCCN1CCC(c2nnc(-c3nn(C(C)C)c4ccccc34)o2)CC1.I.O=C(O)C(=O)O. The molecule has 4 aromatic carbocycles. The molecule has 14 rings (SSSR count). The number of hydrogen-bond donors (Lipinski definition) is 5. The summed E-state index contributed by atoms with van der Waals surface area (Å²) in [6.45, 7) is 32.4. The number of Topliss-reactive ketones (excluding diaryl/α,β-unsaturated/α-hetero) is 1. The van der Waals surface area contributed by atoms with Crippen LogP contribution in [0.1, 0.15) is 201 Å². The number of amides is 2. The van der Waals surface area contributed by atoms with Gasteiger partial charge in [-0.3, -0.25) is 48.8 Å². The highest BCUT2D eigenvalue weighted by Crippen LogP contribution is 2.36. The molecule has 666 valence electrons. The average Bonchev–Trinajstić information content (AvgIpc) is 1.63. The number of hydrogen-bond acceptors (Lipinski definition) is 25. The van der Waals surface area contributed by atoms with E-state index in [0.717, 1.165) is 249 Å². The summed E-state index contributed by atoms with van der Waals surface area (Å²) in [5.41, 5.74) is 16.7. The molecule has 0 spiro atoms. The average molecular weight is 1820 g/mol. The summed E-state index contributed by atoms with van der Waals surface area (Å²) in [4.78, 5) is 75.6. The van der Waals surface area contributed by atoms with Gasteiger partial charge in [0.1, 0.15) is 5.78 Å². The van der Waals surface area contributed by atoms with Gasteiger partial charge in [-0.1, -0.05) is 72.8 Å². The number of piperidine rings is 4. The quantitative estimate of drug-likeness (QED) is 0.00955. The fourth-order valence-corrected chi connectivity index (χ4v) is 15.6. The van der Waals surface area contributed by atoms with Gasteiger partial charge in [-0.2, -0.15) is 20.4 Å². The minimum Gasteiger partial charge on any atom is -0.473 e. The van der Waals surface area contributed by atoms with Crippen LogP contribution in [-0.2, 0) is 38.1 Å². The predicted octanol–water partition coefficient (Wildman–Crippen LogP) is 12.9. The van der Waals surface area contributed by atoms with Gasteiger partial charge in [0.25, 0.3) is 22.9 Å². The number of aromatic nitrogens is 12. The molecule has 10 aromatic rings. The van der Waals surface area contributed by atoms with Gasteiger partial charge >= 0.3 is 11.9 Å². The summed E-state index contributed by atoms with van der Waals surface area (Å²) in [5.74, 6) is -0.625. The van der Waals surface area contributed by atoms with E-state index < -0.39 is 23.1 Å². The molecule has 0 radical (unpaired) electrons. The number of methoxy groups -OCH3 is 4. The van der Waals surface area contributed by atoms with Crippen LogP contribution < -0.4 is 16.6 Å².